The van der Waals surface area contributed by atoms with Crippen molar-refractivity contribution in [2.75, 3.05) is 40.5 Å². The van der Waals surface area contributed by atoms with Gasteiger partial charge in [-0.15, -0.1) is 11.3 Å². The predicted octanol–water partition coefficient (Wildman–Crippen LogP) is 2.42. The Labute approximate surface area is 173 Å². The predicted molar refractivity (Wildman–Crippen MR) is 115 cm³/mol. The number of aromatic amines is 1. The Hall–Kier alpha value is -2.10. The lowest BCUT2D eigenvalue weighted by Crippen LogP contribution is -2.37. The van der Waals surface area contributed by atoms with Crippen LogP contribution in [0, 0.1) is 6.92 Å². The summed E-state index contributed by atoms with van der Waals surface area (Å²) < 4.78 is 10.2. The second-order valence-electron chi connectivity index (χ2n) is 7.05. The van der Waals surface area contributed by atoms with Crippen molar-refractivity contribution in [1.29, 1.82) is 0 Å². The zero-order valence-electron chi connectivity index (χ0n) is 17.0. The van der Waals surface area contributed by atoms with Crippen molar-refractivity contribution in [3.05, 3.63) is 51.4 Å². The van der Waals surface area contributed by atoms with E-state index in [1.807, 2.05) is 41.5 Å². The number of nitrogens with zero attached hydrogens (tertiary/aromatic N) is 2. The Morgan fingerprint density at radius 2 is 2.00 bits per heavy atom. The molecule has 0 aliphatic heterocycles. The topological polar surface area (TPSA) is 87.7 Å². The van der Waals surface area contributed by atoms with Crippen LogP contribution in [0.3, 0.4) is 0 Å². The van der Waals surface area contributed by atoms with Gasteiger partial charge in [0, 0.05) is 38.3 Å². The molecule has 0 aliphatic carbocycles. The third-order valence-corrected chi connectivity index (χ3v) is 5.54. The van der Waals surface area contributed by atoms with Crippen molar-refractivity contribution in [1.82, 2.24) is 14.9 Å². The zero-order chi connectivity index (χ0) is 20.8. The number of benzene rings is 1. The maximum Gasteiger partial charge on any atom is 0.260 e. The minimum atomic E-state index is -0.623. The van der Waals surface area contributed by atoms with Gasteiger partial charge in [0.05, 0.1) is 31.2 Å². The van der Waals surface area contributed by atoms with Crippen molar-refractivity contribution in [2.24, 2.45) is 0 Å². The van der Waals surface area contributed by atoms with Crippen molar-refractivity contribution in [3.8, 4) is 11.1 Å². The van der Waals surface area contributed by atoms with Crippen LogP contribution in [-0.2, 0) is 16.0 Å². The summed E-state index contributed by atoms with van der Waals surface area (Å²) in [4.78, 5) is 23.1. The van der Waals surface area contributed by atoms with Crippen LogP contribution in [0.2, 0.25) is 0 Å². The van der Waals surface area contributed by atoms with Crippen molar-refractivity contribution >= 4 is 21.6 Å². The molecule has 1 atom stereocenters. The number of rotatable bonds is 10. The first-order valence-corrected chi connectivity index (χ1v) is 10.4. The molecule has 29 heavy (non-hydrogen) atoms. The fourth-order valence-corrected chi connectivity index (χ4v) is 4.19. The van der Waals surface area contributed by atoms with Gasteiger partial charge in [0.1, 0.15) is 10.7 Å². The number of fused-ring (bicyclic) bond motifs is 1. The van der Waals surface area contributed by atoms with E-state index in [0.29, 0.717) is 42.3 Å². The molecule has 2 heterocycles. The molecule has 1 aromatic carbocycles. The molecule has 2 aromatic heterocycles. The Bertz CT molecular complexity index is 984. The summed E-state index contributed by atoms with van der Waals surface area (Å²) in [5.74, 6) is 0.570. The summed E-state index contributed by atoms with van der Waals surface area (Å²) in [5, 5.41) is 12.7. The van der Waals surface area contributed by atoms with Crippen LogP contribution in [0.4, 0.5) is 0 Å². The standard InChI is InChI=1S/C21H27N3O4S/c1-14-4-6-15(7-5-14)17-13-29-21-19(17)20(26)22-18(23-21)11-24(8-9-27-2)10-16(25)12-28-3/h4-7,13,16,25H,8-12H2,1-3H3,(H,22,23,26). The van der Waals surface area contributed by atoms with Crippen molar-refractivity contribution in [2.45, 2.75) is 19.6 Å². The first kappa shape index (κ1) is 21.6. The first-order valence-electron chi connectivity index (χ1n) is 9.47. The van der Waals surface area contributed by atoms with E-state index in [0.717, 1.165) is 11.1 Å². The van der Waals surface area contributed by atoms with E-state index in [2.05, 4.69) is 9.97 Å². The summed E-state index contributed by atoms with van der Waals surface area (Å²) >= 11 is 1.46. The number of thiophene rings is 1. The molecular formula is C21H27N3O4S. The highest BCUT2D eigenvalue weighted by Crippen LogP contribution is 2.30. The van der Waals surface area contributed by atoms with Crippen LogP contribution in [0.25, 0.3) is 21.3 Å². The van der Waals surface area contributed by atoms with Crippen LogP contribution in [0.1, 0.15) is 11.4 Å². The monoisotopic (exact) mass is 417 g/mol. The Balaban J connectivity index is 1.86. The smallest absolute Gasteiger partial charge is 0.260 e. The van der Waals surface area contributed by atoms with Gasteiger partial charge in [-0.3, -0.25) is 9.69 Å². The molecule has 2 N–H and O–H groups in total. The van der Waals surface area contributed by atoms with Gasteiger partial charge >= 0.3 is 0 Å². The molecule has 0 amide bonds. The van der Waals surface area contributed by atoms with Crippen LogP contribution in [0.5, 0.6) is 0 Å². The van der Waals surface area contributed by atoms with Gasteiger partial charge in [0.25, 0.3) is 5.56 Å². The molecule has 0 saturated carbocycles. The first-order chi connectivity index (χ1) is 14.0. The van der Waals surface area contributed by atoms with Crippen LogP contribution in [-0.4, -0.2) is 66.6 Å². The number of hydrogen-bond donors (Lipinski definition) is 2. The second kappa shape index (κ2) is 10.1. The lowest BCUT2D eigenvalue weighted by molar-refractivity contribution is 0.0287. The van der Waals surface area contributed by atoms with Gasteiger partial charge in [-0.25, -0.2) is 4.98 Å². The number of hydrogen-bond acceptors (Lipinski definition) is 7. The molecule has 0 aliphatic rings. The number of aryl methyl sites for hydroxylation is 1. The van der Waals surface area contributed by atoms with E-state index in [1.165, 1.54) is 16.9 Å². The quantitative estimate of drug-likeness (QED) is 0.527. The van der Waals surface area contributed by atoms with Gasteiger partial charge in [0.15, 0.2) is 0 Å². The van der Waals surface area contributed by atoms with Gasteiger partial charge < -0.3 is 19.6 Å². The molecule has 8 heteroatoms. The minimum absolute atomic E-state index is 0.147. The Kier molecular flexibility index (Phi) is 7.51. The van der Waals surface area contributed by atoms with Crippen LogP contribution >= 0.6 is 11.3 Å². The zero-order valence-corrected chi connectivity index (χ0v) is 17.8. The number of nitrogens with one attached hydrogen (secondary N) is 1. The molecule has 1 unspecified atom stereocenters. The second-order valence-corrected chi connectivity index (χ2v) is 7.90. The third-order valence-electron chi connectivity index (χ3n) is 4.67. The van der Waals surface area contributed by atoms with E-state index in [-0.39, 0.29) is 12.2 Å². The van der Waals surface area contributed by atoms with E-state index in [9.17, 15) is 9.90 Å². The molecule has 0 fully saturated rings. The number of methoxy groups -OCH3 is 2. The number of ether oxygens (including phenoxy) is 2. The maximum absolute atomic E-state index is 12.8. The highest BCUT2D eigenvalue weighted by Gasteiger charge is 2.16. The summed E-state index contributed by atoms with van der Waals surface area (Å²) in [7, 11) is 3.19. The number of aromatic nitrogens is 2. The van der Waals surface area contributed by atoms with Crippen molar-refractivity contribution in [3.63, 3.8) is 0 Å². The average Bonchev–Trinajstić information content (AvgIpc) is 3.11. The molecule has 0 bridgehead atoms. The normalized spacial score (nSPS) is 12.7. The van der Waals surface area contributed by atoms with E-state index < -0.39 is 6.10 Å². The summed E-state index contributed by atoms with van der Waals surface area (Å²) in [6.07, 6.45) is -0.623. The molecule has 0 saturated heterocycles. The molecule has 3 aromatic rings. The van der Waals surface area contributed by atoms with Crippen LogP contribution in [0.15, 0.2) is 34.4 Å². The highest BCUT2D eigenvalue weighted by atomic mass is 32.1. The van der Waals surface area contributed by atoms with Gasteiger partial charge in [-0.05, 0) is 12.5 Å². The minimum Gasteiger partial charge on any atom is -0.389 e. The summed E-state index contributed by atoms with van der Waals surface area (Å²) in [5.41, 5.74) is 2.93. The lowest BCUT2D eigenvalue weighted by Gasteiger charge is -2.24. The molecular weight excluding hydrogens is 390 g/mol. The molecule has 0 radical (unpaired) electrons. The summed E-state index contributed by atoms with van der Waals surface area (Å²) in [6, 6.07) is 8.11. The maximum atomic E-state index is 12.8. The highest BCUT2D eigenvalue weighted by molar-refractivity contribution is 7.17. The largest absolute Gasteiger partial charge is 0.389 e. The number of H-pyrrole nitrogens is 1. The van der Waals surface area contributed by atoms with Crippen LogP contribution < -0.4 is 5.56 Å². The molecule has 0 spiro atoms. The van der Waals surface area contributed by atoms with Crippen molar-refractivity contribution < 1.29 is 14.6 Å². The Morgan fingerprint density at radius 1 is 1.24 bits per heavy atom. The average molecular weight is 418 g/mol. The molecule has 3 rings (SSSR count). The lowest BCUT2D eigenvalue weighted by atomic mass is 10.1. The van der Waals surface area contributed by atoms with Gasteiger partial charge in [-0.2, -0.15) is 0 Å². The SMILES string of the molecule is COCCN(Cc1nc2scc(-c3ccc(C)cc3)c2c(=O)[nH]1)CC(O)COC. The van der Waals surface area contributed by atoms with Gasteiger partial charge in [0.2, 0.25) is 0 Å². The van der Waals surface area contributed by atoms with Gasteiger partial charge in [-0.1, -0.05) is 29.8 Å². The summed E-state index contributed by atoms with van der Waals surface area (Å²) in [6.45, 7) is 4.22. The molecule has 7 nitrogen and oxygen atoms in total. The number of aliphatic hydroxyl groups excluding tert-OH is 1. The fourth-order valence-electron chi connectivity index (χ4n) is 3.22. The van der Waals surface area contributed by atoms with E-state index in [1.54, 1.807) is 14.2 Å². The Morgan fingerprint density at radius 3 is 2.69 bits per heavy atom. The van der Waals surface area contributed by atoms with E-state index >= 15 is 0 Å². The molecule has 156 valence electrons. The van der Waals surface area contributed by atoms with E-state index in [4.69, 9.17) is 9.47 Å². The fraction of sp³-hybridized carbons (Fsp3) is 0.429. The number of aliphatic hydroxyl groups is 1. The third kappa shape index (κ3) is 5.49.